The number of hydrogen-bond donors (Lipinski definition) is 1. The largest absolute Gasteiger partial charge is 0.465 e. The van der Waals surface area contributed by atoms with Crippen LogP contribution in [0.2, 0.25) is 0 Å². The van der Waals surface area contributed by atoms with E-state index < -0.39 is 0 Å². The standard InChI is InChI=1S/C21H31N7O2/c1-16-6-7-19(30-16)18(26-8-4-5-9-26)13-23-21(22-2)27-10-11-28(20(29)15-27)17-12-24-25(3)14-17/h6-7,12,14,18H,4-5,8-11,13,15H2,1-3H3,(H,22,23). The van der Waals surface area contributed by atoms with Crippen molar-refractivity contribution in [3.63, 3.8) is 0 Å². The summed E-state index contributed by atoms with van der Waals surface area (Å²) in [6.07, 6.45) is 6.03. The van der Waals surface area contributed by atoms with E-state index in [1.54, 1.807) is 22.8 Å². The molecule has 2 aromatic rings. The van der Waals surface area contributed by atoms with Gasteiger partial charge >= 0.3 is 0 Å². The van der Waals surface area contributed by atoms with Crippen LogP contribution in [-0.2, 0) is 11.8 Å². The van der Waals surface area contributed by atoms with Crippen molar-refractivity contribution in [1.29, 1.82) is 0 Å². The van der Waals surface area contributed by atoms with Gasteiger partial charge in [0.1, 0.15) is 18.1 Å². The minimum Gasteiger partial charge on any atom is -0.465 e. The lowest BCUT2D eigenvalue weighted by Gasteiger charge is -2.36. The molecule has 0 spiro atoms. The van der Waals surface area contributed by atoms with Crippen LogP contribution < -0.4 is 10.2 Å². The van der Waals surface area contributed by atoms with E-state index in [-0.39, 0.29) is 11.9 Å². The first-order chi connectivity index (χ1) is 14.5. The van der Waals surface area contributed by atoms with Gasteiger partial charge in [0.05, 0.1) is 17.9 Å². The number of aliphatic imine (C=N–C) groups is 1. The second-order valence-corrected chi connectivity index (χ2v) is 7.97. The van der Waals surface area contributed by atoms with Crippen molar-refractivity contribution >= 4 is 17.6 Å². The summed E-state index contributed by atoms with van der Waals surface area (Å²) in [7, 11) is 3.62. The summed E-state index contributed by atoms with van der Waals surface area (Å²) in [5.41, 5.74) is 0.840. The second kappa shape index (κ2) is 8.91. The van der Waals surface area contributed by atoms with Crippen LogP contribution in [0.1, 0.15) is 30.4 Å². The number of furan rings is 1. The molecule has 0 aliphatic carbocycles. The van der Waals surface area contributed by atoms with Crippen molar-refractivity contribution in [2.75, 3.05) is 51.2 Å². The first-order valence-electron chi connectivity index (χ1n) is 10.6. The highest BCUT2D eigenvalue weighted by molar-refractivity contribution is 5.98. The summed E-state index contributed by atoms with van der Waals surface area (Å²) in [5, 5.41) is 7.66. The highest BCUT2D eigenvalue weighted by Crippen LogP contribution is 2.26. The molecule has 0 bridgehead atoms. The number of nitrogens with one attached hydrogen (secondary N) is 1. The van der Waals surface area contributed by atoms with Crippen molar-refractivity contribution in [1.82, 2.24) is 24.9 Å². The van der Waals surface area contributed by atoms with Gasteiger partial charge in [-0.2, -0.15) is 5.10 Å². The Kier molecular flexibility index (Phi) is 6.08. The average Bonchev–Trinajstić information content (AvgIpc) is 3.48. The maximum Gasteiger partial charge on any atom is 0.246 e. The summed E-state index contributed by atoms with van der Waals surface area (Å²) < 4.78 is 7.66. The monoisotopic (exact) mass is 413 g/mol. The van der Waals surface area contributed by atoms with E-state index in [0.717, 1.165) is 36.3 Å². The van der Waals surface area contributed by atoms with Gasteiger partial charge in [0.15, 0.2) is 5.96 Å². The minimum absolute atomic E-state index is 0.0509. The number of amides is 1. The number of guanidine groups is 1. The molecule has 2 fully saturated rings. The quantitative estimate of drug-likeness (QED) is 0.589. The van der Waals surface area contributed by atoms with Gasteiger partial charge in [0.25, 0.3) is 0 Å². The molecule has 9 nitrogen and oxygen atoms in total. The van der Waals surface area contributed by atoms with Crippen LogP contribution in [0.4, 0.5) is 5.69 Å². The SMILES string of the molecule is CN=C(NCC(c1ccc(C)o1)N1CCCC1)N1CCN(c2cnn(C)c2)C(=O)C1. The first-order valence-corrected chi connectivity index (χ1v) is 10.6. The Labute approximate surface area is 177 Å². The highest BCUT2D eigenvalue weighted by atomic mass is 16.3. The average molecular weight is 414 g/mol. The van der Waals surface area contributed by atoms with Gasteiger partial charge in [-0.05, 0) is 45.0 Å². The molecule has 1 unspecified atom stereocenters. The van der Waals surface area contributed by atoms with E-state index in [9.17, 15) is 4.79 Å². The van der Waals surface area contributed by atoms with Gasteiger partial charge in [-0.3, -0.25) is 19.4 Å². The Morgan fingerprint density at radius 3 is 2.67 bits per heavy atom. The highest BCUT2D eigenvalue weighted by Gasteiger charge is 2.30. The molecule has 9 heteroatoms. The maximum atomic E-state index is 12.7. The summed E-state index contributed by atoms with van der Waals surface area (Å²) in [5.74, 6) is 2.71. The predicted octanol–water partition coefficient (Wildman–Crippen LogP) is 1.38. The summed E-state index contributed by atoms with van der Waals surface area (Å²) in [6.45, 7) is 6.44. The van der Waals surface area contributed by atoms with Gasteiger partial charge in [0.2, 0.25) is 5.91 Å². The molecule has 0 radical (unpaired) electrons. The van der Waals surface area contributed by atoms with Crippen molar-refractivity contribution < 1.29 is 9.21 Å². The number of aryl methyl sites for hydroxylation is 2. The molecule has 4 rings (SSSR count). The van der Waals surface area contributed by atoms with Crippen LogP contribution >= 0.6 is 0 Å². The zero-order chi connectivity index (χ0) is 21.1. The number of aromatic nitrogens is 2. The van der Waals surface area contributed by atoms with E-state index >= 15 is 0 Å². The topological polar surface area (TPSA) is 82.1 Å². The third-order valence-corrected chi connectivity index (χ3v) is 5.86. The Morgan fingerprint density at radius 1 is 1.27 bits per heavy atom. The lowest BCUT2D eigenvalue weighted by atomic mass is 10.2. The Balaban J connectivity index is 1.39. The van der Waals surface area contributed by atoms with Gasteiger partial charge < -0.3 is 19.5 Å². The molecule has 162 valence electrons. The first kappa shape index (κ1) is 20.5. The molecule has 1 atom stereocenters. The van der Waals surface area contributed by atoms with Crippen LogP contribution in [0, 0.1) is 6.92 Å². The van der Waals surface area contributed by atoms with E-state index in [1.807, 2.05) is 31.1 Å². The minimum atomic E-state index is 0.0509. The normalized spacial score (nSPS) is 19.6. The molecule has 0 saturated carbocycles. The van der Waals surface area contributed by atoms with E-state index in [2.05, 4.69) is 26.4 Å². The number of anilines is 1. The molecular formula is C21H31N7O2. The van der Waals surface area contributed by atoms with E-state index in [4.69, 9.17) is 4.42 Å². The molecule has 4 heterocycles. The zero-order valence-corrected chi connectivity index (χ0v) is 18.0. The molecule has 1 amide bonds. The zero-order valence-electron chi connectivity index (χ0n) is 18.0. The summed E-state index contributed by atoms with van der Waals surface area (Å²) >= 11 is 0. The van der Waals surface area contributed by atoms with Crippen LogP contribution in [0.25, 0.3) is 0 Å². The predicted molar refractivity (Wildman–Crippen MR) is 115 cm³/mol. The number of carbonyl (C=O) groups is 1. The van der Waals surface area contributed by atoms with Gasteiger partial charge in [-0.15, -0.1) is 0 Å². The second-order valence-electron chi connectivity index (χ2n) is 7.97. The van der Waals surface area contributed by atoms with Crippen molar-refractivity contribution in [3.8, 4) is 0 Å². The number of likely N-dealkylation sites (tertiary alicyclic amines) is 1. The summed E-state index contributed by atoms with van der Waals surface area (Å²) in [4.78, 5) is 23.5. The van der Waals surface area contributed by atoms with Crippen LogP contribution in [0.5, 0.6) is 0 Å². The number of piperazine rings is 1. The fourth-order valence-electron chi connectivity index (χ4n) is 4.29. The van der Waals surface area contributed by atoms with E-state index in [1.165, 1.54) is 12.8 Å². The Bertz CT molecular complexity index is 897. The molecule has 2 aliphatic rings. The fourth-order valence-corrected chi connectivity index (χ4v) is 4.29. The number of hydrogen-bond acceptors (Lipinski definition) is 5. The number of nitrogens with zero attached hydrogens (tertiary/aromatic N) is 6. The fraction of sp³-hybridized carbons (Fsp3) is 0.571. The summed E-state index contributed by atoms with van der Waals surface area (Å²) in [6, 6.07) is 4.24. The molecule has 2 saturated heterocycles. The van der Waals surface area contributed by atoms with Crippen LogP contribution in [0.3, 0.4) is 0 Å². The maximum absolute atomic E-state index is 12.7. The molecule has 1 N–H and O–H groups in total. The molecule has 2 aromatic heterocycles. The third-order valence-electron chi connectivity index (χ3n) is 5.86. The molecule has 30 heavy (non-hydrogen) atoms. The molecule has 2 aliphatic heterocycles. The van der Waals surface area contributed by atoms with E-state index in [0.29, 0.717) is 26.2 Å². The van der Waals surface area contributed by atoms with Crippen molar-refractivity contribution in [2.24, 2.45) is 12.0 Å². The van der Waals surface area contributed by atoms with Gasteiger partial charge in [-0.1, -0.05) is 0 Å². The van der Waals surface area contributed by atoms with Crippen LogP contribution in [-0.4, -0.2) is 77.8 Å². The lowest BCUT2D eigenvalue weighted by molar-refractivity contribution is -0.120. The van der Waals surface area contributed by atoms with Crippen molar-refractivity contribution in [3.05, 3.63) is 36.0 Å². The number of carbonyl (C=O) groups excluding carboxylic acids is 1. The smallest absolute Gasteiger partial charge is 0.246 e. The van der Waals surface area contributed by atoms with Gasteiger partial charge in [-0.25, -0.2) is 0 Å². The van der Waals surface area contributed by atoms with Crippen LogP contribution in [0.15, 0.2) is 33.9 Å². The Hall–Kier alpha value is -2.81. The Morgan fingerprint density at radius 2 is 2.07 bits per heavy atom. The van der Waals surface area contributed by atoms with Crippen molar-refractivity contribution in [2.45, 2.75) is 25.8 Å². The molecular weight excluding hydrogens is 382 g/mol. The third kappa shape index (κ3) is 4.35. The molecule has 0 aromatic carbocycles. The van der Waals surface area contributed by atoms with Gasteiger partial charge in [0, 0.05) is 39.9 Å². The number of rotatable bonds is 5. The lowest BCUT2D eigenvalue weighted by Crippen LogP contribution is -2.56.